The topological polar surface area (TPSA) is 41.1 Å². The van der Waals surface area contributed by atoms with Crippen LogP contribution < -0.4 is 10.6 Å². The second-order valence-electron chi connectivity index (χ2n) is 6.93. The fourth-order valence-electron chi connectivity index (χ4n) is 2.32. The summed E-state index contributed by atoms with van der Waals surface area (Å²) >= 11 is 0. The molecule has 0 bridgehead atoms. The van der Waals surface area contributed by atoms with Crippen LogP contribution in [0, 0.1) is 17.3 Å². The molecule has 3 unspecified atom stereocenters. The van der Waals surface area contributed by atoms with Crippen molar-refractivity contribution in [3.05, 3.63) is 0 Å². The molecule has 0 aliphatic carbocycles. The van der Waals surface area contributed by atoms with Crippen LogP contribution in [-0.2, 0) is 4.79 Å². The molecule has 0 saturated carbocycles. The Bertz CT molecular complexity index is 270. The van der Waals surface area contributed by atoms with Crippen molar-refractivity contribution >= 4 is 18.3 Å². The molecular formula is C15H31ClN2O. The van der Waals surface area contributed by atoms with E-state index in [4.69, 9.17) is 0 Å². The molecule has 1 rings (SSSR count). The second kappa shape index (κ2) is 8.11. The highest BCUT2D eigenvalue weighted by molar-refractivity contribution is 5.85. The van der Waals surface area contributed by atoms with E-state index in [9.17, 15) is 4.79 Å². The number of nitrogens with one attached hydrogen (secondary N) is 2. The van der Waals surface area contributed by atoms with E-state index in [1.165, 1.54) is 12.8 Å². The quantitative estimate of drug-likeness (QED) is 0.836. The van der Waals surface area contributed by atoms with Crippen molar-refractivity contribution in [1.82, 2.24) is 10.6 Å². The molecule has 114 valence electrons. The summed E-state index contributed by atoms with van der Waals surface area (Å²) in [7, 11) is 0. The highest BCUT2D eigenvalue weighted by Crippen LogP contribution is 2.28. The van der Waals surface area contributed by atoms with Crippen molar-refractivity contribution in [1.29, 1.82) is 0 Å². The third-order valence-corrected chi connectivity index (χ3v) is 4.40. The Kier molecular flexibility index (Phi) is 7.99. The lowest BCUT2D eigenvalue weighted by Gasteiger charge is -2.31. The summed E-state index contributed by atoms with van der Waals surface area (Å²) < 4.78 is 0. The van der Waals surface area contributed by atoms with Gasteiger partial charge >= 0.3 is 0 Å². The van der Waals surface area contributed by atoms with Crippen molar-refractivity contribution in [3.63, 3.8) is 0 Å². The van der Waals surface area contributed by atoms with Crippen molar-refractivity contribution in [2.24, 2.45) is 17.3 Å². The lowest BCUT2D eigenvalue weighted by Crippen LogP contribution is -2.45. The zero-order valence-corrected chi connectivity index (χ0v) is 13.9. The summed E-state index contributed by atoms with van der Waals surface area (Å²) in [6.07, 6.45) is 3.08. The predicted octanol–water partition coefficient (Wildman–Crippen LogP) is 2.98. The second-order valence-corrected chi connectivity index (χ2v) is 6.93. The monoisotopic (exact) mass is 290 g/mol. The zero-order valence-electron chi connectivity index (χ0n) is 13.1. The van der Waals surface area contributed by atoms with Gasteiger partial charge in [0.15, 0.2) is 0 Å². The third-order valence-electron chi connectivity index (χ3n) is 4.40. The molecule has 0 aromatic rings. The third kappa shape index (κ3) is 6.62. The van der Waals surface area contributed by atoms with Gasteiger partial charge in [-0.1, -0.05) is 27.7 Å². The number of carbonyl (C=O) groups excluding carboxylic acids is 1. The molecule has 2 N–H and O–H groups in total. The van der Waals surface area contributed by atoms with E-state index in [2.05, 4.69) is 45.3 Å². The van der Waals surface area contributed by atoms with Crippen LogP contribution in [0.1, 0.15) is 53.9 Å². The van der Waals surface area contributed by atoms with Crippen LogP contribution in [0.3, 0.4) is 0 Å². The van der Waals surface area contributed by atoms with Crippen LogP contribution >= 0.6 is 12.4 Å². The molecule has 3 nitrogen and oxygen atoms in total. The molecule has 3 atom stereocenters. The van der Waals surface area contributed by atoms with E-state index in [1.807, 2.05) is 0 Å². The van der Waals surface area contributed by atoms with Crippen LogP contribution in [0.4, 0.5) is 0 Å². The standard InChI is InChI=1S/C15H30N2O.ClH/c1-11(15(3,4)5)9-14(18)17-12(2)13-7-6-8-16-10-13;/h11-13,16H,6-10H2,1-5H3,(H,17,18);1H. The average molecular weight is 291 g/mol. The lowest BCUT2D eigenvalue weighted by molar-refractivity contribution is -0.123. The Morgan fingerprint density at radius 2 is 2.00 bits per heavy atom. The van der Waals surface area contributed by atoms with Gasteiger partial charge in [0.25, 0.3) is 0 Å². The van der Waals surface area contributed by atoms with Crippen molar-refractivity contribution in [2.75, 3.05) is 13.1 Å². The zero-order chi connectivity index (χ0) is 13.8. The molecule has 1 aliphatic heterocycles. The molecule has 0 aromatic carbocycles. The first-order valence-electron chi connectivity index (χ1n) is 7.30. The smallest absolute Gasteiger partial charge is 0.220 e. The van der Waals surface area contributed by atoms with Crippen LogP contribution in [0.5, 0.6) is 0 Å². The Labute approximate surface area is 124 Å². The van der Waals surface area contributed by atoms with Gasteiger partial charge in [-0.15, -0.1) is 12.4 Å². The highest BCUT2D eigenvalue weighted by Gasteiger charge is 2.25. The van der Waals surface area contributed by atoms with Gasteiger partial charge in [-0.3, -0.25) is 4.79 Å². The summed E-state index contributed by atoms with van der Waals surface area (Å²) in [5.41, 5.74) is 0.201. The van der Waals surface area contributed by atoms with Gasteiger partial charge in [-0.25, -0.2) is 0 Å². The van der Waals surface area contributed by atoms with E-state index in [-0.39, 0.29) is 29.8 Å². The van der Waals surface area contributed by atoms with Crippen LogP contribution in [-0.4, -0.2) is 25.0 Å². The van der Waals surface area contributed by atoms with Crippen LogP contribution in [0.15, 0.2) is 0 Å². The maximum Gasteiger partial charge on any atom is 0.220 e. The minimum atomic E-state index is 0. The summed E-state index contributed by atoms with van der Waals surface area (Å²) in [6.45, 7) is 13.0. The number of hydrogen-bond donors (Lipinski definition) is 2. The van der Waals surface area contributed by atoms with E-state index in [0.29, 0.717) is 18.3 Å². The van der Waals surface area contributed by atoms with E-state index in [1.54, 1.807) is 0 Å². The van der Waals surface area contributed by atoms with Gasteiger partial charge in [0.1, 0.15) is 0 Å². The lowest BCUT2D eigenvalue weighted by atomic mass is 9.80. The molecule has 1 amide bonds. The molecule has 4 heteroatoms. The number of amides is 1. The summed E-state index contributed by atoms with van der Waals surface area (Å²) in [6, 6.07) is 0.289. The first-order chi connectivity index (χ1) is 8.30. The summed E-state index contributed by atoms with van der Waals surface area (Å²) in [5, 5.41) is 6.58. The molecule has 1 heterocycles. The van der Waals surface area contributed by atoms with Crippen molar-refractivity contribution < 1.29 is 4.79 Å². The predicted molar refractivity (Wildman–Crippen MR) is 83.7 cm³/mol. The van der Waals surface area contributed by atoms with Crippen molar-refractivity contribution in [2.45, 2.75) is 59.9 Å². The van der Waals surface area contributed by atoms with Crippen LogP contribution in [0.2, 0.25) is 0 Å². The fraction of sp³-hybridized carbons (Fsp3) is 0.933. The Hall–Kier alpha value is -0.280. The highest BCUT2D eigenvalue weighted by atomic mass is 35.5. The fourth-order valence-corrected chi connectivity index (χ4v) is 2.32. The normalized spacial score (nSPS) is 23.1. The van der Waals surface area contributed by atoms with E-state index < -0.39 is 0 Å². The molecule has 19 heavy (non-hydrogen) atoms. The van der Waals surface area contributed by atoms with Gasteiger partial charge in [0, 0.05) is 12.5 Å². The molecule has 0 aromatic heterocycles. The molecule has 1 saturated heterocycles. The van der Waals surface area contributed by atoms with Crippen LogP contribution in [0.25, 0.3) is 0 Å². The summed E-state index contributed by atoms with van der Waals surface area (Å²) in [4.78, 5) is 12.0. The molecule has 0 spiro atoms. The molecule has 1 aliphatic rings. The molecular weight excluding hydrogens is 260 g/mol. The van der Waals surface area contributed by atoms with Gasteiger partial charge in [-0.05, 0) is 50.1 Å². The Morgan fingerprint density at radius 1 is 1.37 bits per heavy atom. The van der Waals surface area contributed by atoms with Crippen molar-refractivity contribution in [3.8, 4) is 0 Å². The number of rotatable bonds is 4. The average Bonchev–Trinajstić information content (AvgIpc) is 2.28. The first-order valence-corrected chi connectivity index (χ1v) is 7.30. The largest absolute Gasteiger partial charge is 0.353 e. The number of piperidine rings is 1. The Morgan fingerprint density at radius 3 is 2.47 bits per heavy atom. The summed E-state index contributed by atoms with van der Waals surface area (Å²) in [5.74, 6) is 1.21. The van der Waals surface area contributed by atoms with E-state index in [0.717, 1.165) is 13.1 Å². The SMILES string of the molecule is CC(NC(=O)CC(C)C(C)(C)C)C1CCCNC1.Cl. The number of halogens is 1. The number of hydrogen-bond acceptors (Lipinski definition) is 2. The van der Waals surface area contributed by atoms with Gasteiger partial charge in [0.05, 0.1) is 0 Å². The minimum Gasteiger partial charge on any atom is -0.353 e. The molecule has 0 radical (unpaired) electrons. The van der Waals surface area contributed by atoms with E-state index >= 15 is 0 Å². The van der Waals surface area contributed by atoms with Gasteiger partial charge in [-0.2, -0.15) is 0 Å². The number of carbonyl (C=O) groups is 1. The maximum absolute atomic E-state index is 12.0. The van der Waals surface area contributed by atoms with Gasteiger partial charge < -0.3 is 10.6 Å². The minimum absolute atomic E-state index is 0. The van der Waals surface area contributed by atoms with Gasteiger partial charge in [0.2, 0.25) is 5.91 Å². The Balaban J connectivity index is 0.00000324. The maximum atomic E-state index is 12.0. The first kappa shape index (κ1) is 18.7. The molecule has 1 fully saturated rings.